The molecule has 2 unspecified atom stereocenters. The summed E-state index contributed by atoms with van der Waals surface area (Å²) in [5, 5.41) is 8.69. The monoisotopic (exact) mass is 242 g/mol. The number of aliphatic hydroxyl groups is 1. The topological polar surface area (TPSA) is 35.9 Å². The van der Waals surface area contributed by atoms with Crippen molar-refractivity contribution in [1.29, 1.82) is 0 Å². The quantitative estimate of drug-likeness (QED) is 0.690. The van der Waals surface area contributed by atoms with E-state index in [0.29, 0.717) is 6.61 Å². The van der Waals surface area contributed by atoms with E-state index in [1.165, 1.54) is 38.9 Å². The molecule has 0 aromatic heterocycles. The molecule has 2 rings (SSSR count). The maximum atomic E-state index is 8.69. The van der Waals surface area contributed by atoms with E-state index in [2.05, 4.69) is 16.7 Å². The Balaban J connectivity index is 1.80. The van der Waals surface area contributed by atoms with Crippen molar-refractivity contribution in [3.63, 3.8) is 0 Å². The van der Waals surface area contributed by atoms with Crippen molar-refractivity contribution < 1.29 is 9.84 Å². The van der Waals surface area contributed by atoms with Gasteiger partial charge in [0.25, 0.3) is 0 Å². The van der Waals surface area contributed by atoms with Crippen molar-refractivity contribution in [1.82, 2.24) is 9.80 Å². The van der Waals surface area contributed by atoms with Crippen LogP contribution in [0.15, 0.2) is 0 Å². The summed E-state index contributed by atoms with van der Waals surface area (Å²) in [6.07, 6.45) is 4.02. The number of nitrogens with zero attached hydrogens (tertiary/aromatic N) is 2. The number of rotatable bonds is 6. The molecule has 2 bridgehead atoms. The highest BCUT2D eigenvalue weighted by atomic mass is 16.5. The van der Waals surface area contributed by atoms with Gasteiger partial charge in [0.15, 0.2) is 0 Å². The first-order valence-electron chi connectivity index (χ1n) is 7.01. The van der Waals surface area contributed by atoms with E-state index in [1.807, 2.05) is 0 Å². The minimum atomic E-state index is 0.135. The van der Waals surface area contributed by atoms with E-state index in [1.54, 1.807) is 0 Å². The van der Waals surface area contributed by atoms with Gasteiger partial charge in [0.2, 0.25) is 0 Å². The van der Waals surface area contributed by atoms with Crippen LogP contribution in [0.25, 0.3) is 0 Å². The molecule has 2 heterocycles. The lowest BCUT2D eigenvalue weighted by molar-refractivity contribution is 0.0619. The van der Waals surface area contributed by atoms with Gasteiger partial charge < -0.3 is 14.7 Å². The van der Waals surface area contributed by atoms with Gasteiger partial charge in [-0.15, -0.1) is 0 Å². The molecule has 2 saturated heterocycles. The highest BCUT2D eigenvalue weighted by Crippen LogP contribution is 2.29. The summed E-state index contributed by atoms with van der Waals surface area (Å²) < 4.78 is 5.40. The largest absolute Gasteiger partial charge is 0.394 e. The van der Waals surface area contributed by atoms with Crippen LogP contribution in [0, 0.1) is 0 Å². The Labute approximate surface area is 105 Å². The average molecular weight is 242 g/mol. The number of ether oxygens (including phenoxy) is 1. The first-order chi connectivity index (χ1) is 8.35. The lowest BCUT2D eigenvalue weighted by Crippen LogP contribution is -2.41. The zero-order valence-corrected chi connectivity index (χ0v) is 11.0. The molecular formula is C13H26N2O2. The molecule has 100 valence electrons. The first-order valence-corrected chi connectivity index (χ1v) is 7.01. The second-order valence-corrected chi connectivity index (χ2v) is 5.14. The Bertz CT molecular complexity index is 225. The average Bonchev–Trinajstić information content (AvgIpc) is 2.60. The second kappa shape index (κ2) is 6.69. The van der Waals surface area contributed by atoms with Crippen molar-refractivity contribution in [3.8, 4) is 0 Å². The summed E-state index contributed by atoms with van der Waals surface area (Å²) >= 11 is 0. The van der Waals surface area contributed by atoms with Crippen LogP contribution in [0.3, 0.4) is 0 Å². The zero-order valence-electron chi connectivity index (χ0n) is 11.0. The summed E-state index contributed by atoms with van der Waals surface area (Å²) in [4.78, 5) is 5.22. The van der Waals surface area contributed by atoms with Crippen molar-refractivity contribution in [3.05, 3.63) is 0 Å². The fourth-order valence-corrected chi connectivity index (χ4v) is 3.23. The number of aliphatic hydroxyl groups excluding tert-OH is 1. The van der Waals surface area contributed by atoms with Crippen LogP contribution in [0.4, 0.5) is 0 Å². The standard InChI is InChI=1S/C13H26N2O2/c1-2-14-6-5-12-3-4-13(11-14)15(12)7-9-17-10-8-16/h12-13,16H,2-11H2,1H3. The molecule has 2 aliphatic heterocycles. The Kier molecular flexibility index (Phi) is 5.22. The maximum Gasteiger partial charge on any atom is 0.0698 e. The second-order valence-electron chi connectivity index (χ2n) is 5.14. The number of likely N-dealkylation sites (N-methyl/N-ethyl adjacent to an activating group) is 1. The molecule has 0 aromatic rings. The van der Waals surface area contributed by atoms with E-state index in [4.69, 9.17) is 9.84 Å². The molecule has 0 aliphatic carbocycles. The lowest BCUT2D eigenvalue weighted by atomic mass is 10.1. The van der Waals surface area contributed by atoms with Crippen LogP contribution in [0.2, 0.25) is 0 Å². The Morgan fingerprint density at radius 1 is 1.18 bits per heavy atom. The Morgan fingerprint density at radius 3 is 2.76 bits per heavy atom. The molecule has 0 radical (unpaired) electrons. The minimum Gasteiger partial charge on any atom is -0.394 e. The predicted octanol–water partition coefficient (Wildman–Crippen LogP) is 0.554. The van der Waals surface area contributed by atoms with Gasteiger partial charge in [-0.1, -0.05) is 6.92 Å². The van der Waals surface area contributed by atoms with Crippen LogP contribution in [-0.4, -0.2) is 73.0 Å². The van der Waals surface area contributed by atoms with E-state index < -0.39 is 0 Å². The van der Waals surface area contributed by atoms with E-state index in [0.717, 1.165) is 25.2 Å². The van der Waals surface area contributed by atoms with Gasteiger partial charge in [-0.05, 0) is 32.4 Å². The molecule has 17 heavy (non-hydrogen) atoms. The normalized spacial score (nSPS) is 30.7. The molecule has 2 atom stereocenters. The van der Waals surface area contributed by atoms with Crippen molar-refractivity contribution >= 4 is 0 Å². The summed E-state index contributed by atoms with van der Waals surface area (Å²) in [5.74, 6) is 0. The Hall–Kier alpha value is -0.160. The van der Waals surface area contributed by atoms with E-state index in [9.17, 15) is 0 Å². The van der Waals surface area contributed by atoms with Gasteiger partial charge in [-0.2, -0.15) is 0 Å². The lowest BCUT2D eigenvalue weighted by Gasteiger charge is -2.28. The van der Waals surface area contributed by atoms with Crippen LogP contribution in [0.5, 0.6) is 0 Å². The summed E-state index contributed by atoms with van der Waals surface area (Å²) in [7, 11) is 0. The van der Waals surface area contributed by atoms with Gasteiger partial charge in [-0.25, -0.2) is 0 Å². The number of hydrogen-bond acceptors (Lipinski definition) is 4. The number of likely N-dealkylation sites (tertiary alicyclic amines) is 1. The van der Waals surface area contributed by atoms with Crippen LogP contribution in [0.1, 0.15) is 26.2 Å². The van der Waals surface area contributed by atoms with Gasteiger partial charge in [0.1, 0.15) is 0 Å². The molecule has 4 nitrogen and oxygen atoms in total. The smallest absolute Gasteiger partial charge is 0.0698 e. The summed E-state index contributed by atoms with van der Waals surface area (Å²) in [6.45, 7) is 8.33. The van der Waals surface area contributed by atoms with Crippen molar-refractivity contribution in [2.45, 2.75) is 38.3 Å². The fraction of sp³-hybridized carbons (Fsp3) is 1.00. The van der Waals surface area contributed by atoms with E-state index >= 15 is 0 Å². The molecule has 2 aliphatic rings. The fourth-order valence-electron chi connectivity index (χ4n) is 3.23. The zero-order chi connectivity index (χ0) is 12.1. The number of fused-ring (bicyclic) bond motifs is 2. The molecule has 0 aromatic carbocycles. The highest BCUT2D eigenvalue weighted by Gasteiger charge is 2.36. The highest BCUT2D eigenvalue weighted by molar-refractivity contribution is 4.92. The SMILES string of the molecule is CCN1CCC2CCC(C1)N2CCOCCO. The van der Waals surface area contributed by atoms with Crippen LogP contribution in [-0.2, 0) is 4.74 Å². The number of hydrogen-bond donors (Lipinski definition) is 1. The first kappa shape index (κ1) is 13.3. The van der Waals surface area contributed by atoms with E-state index in [-0.39, 0.29) is 6.61 Å². The van der Waals surface area contributed by atoms with Gasteiger partial charge in [0.05, 0.1) is 19.8 Å². The molecule has 4 heteroatoms. The summed E-state index contributed by atoms with van der Waals surface area (Å²) in [5.41, 5.74) is 0. The van der Waals surface area contributed by atoms with Gasteiger partial charge >= 0.3 is 0 Å². The minimum absolute atomic E-state index is 0.135. The van der Waals surface area contributed by atoms with Gasteiger partial charge in [0, 0.05) is 25.2 Å². The molecule has 0 spiro atoms. The third-order valence-corrected chi connectivity index (χ3v) is 4.20. The van der Waals surface area contributed by atoms with Crippen molar-refractivity contribution in [2.75, 3.05) is 46.0 Å². The molecule has 0 amide bonds. The molecular weight excluding hydrogens is 216 g/mol. The third-order valence-electron chi connectivity index (χ3n) is 4.20. The van der Waals surface area contributed by atoms with Crippen LogP contribution >= 0.6 is 0 Å². The predicted molar refractivity (Wildman–Crippen MR) is 68.2 cm³/mol. The molecule has 2 fully saturated rings. The Morgan fingerprint density at radius 2 is 2.00 bits per heavy atom. The van der Waals surface area contributed by atoms with Crippen molar-refractivity contribution in [2.24, 2.45) is 0 Å². The summed E-state index contributed by atoms with van der Waals surface area (Å²) in [6, 6.07) is 1.51. The third kappa shape index (κ3) is 3.41. The maximum absolute atomic E-state index is 8.69. The molecule has 0 saturated carbocycles. The van der Waals surface area contributed by atoms with Crippen LogP contribution < -0.4 is 0 Å². The van der Waals surface area contributed by atoms with Gasteiger partial charge in [-0.3, -0.25) is 4.90 Å². The molecule has 1 N–H and O–H groups in total.